The number of halogens is 3. The van der Waals surface area contributed by atoms with Gasteiger partial charge in [0.15, 0.2) is 11.0 Å². The van der Waals surface area contributed by atoms with E-state index in [1.54, 1.807) is 0 Å². The van der Waals surface area contributed by atoms with Crippen LogP contribution in [0.1, 0.15) is 11.8 Å². The molecule has 1 aromatic rings. The number of aliphatic hydroxyl groups is 2. The SMILES string of the molecule is CO[C@@H]1[C@H](O)[C@@H](CO)O[C@H]1n1cc(CN(C)C(=O)C(F)(F)F)c(=O)[nH]c1=S. The Morgan fingerprint density at radius 2 is 2.15 bits per heavy atom. The fraction of sp³-hybridized carbons (Fsp3) is 0.643. The quantitative estimate of drug-likeness (QED) is 0.567. The zero-order valence-corrected chi connectivity index (χ0v) is 15.1. The number of alkyl halides is 3. The van der Waals surface area contributed by atoms with Crippen molar-refractivity contribution in [3.8, 4) is 0 Å². The van der Waals surface area contributed by atoms with Gasteiger partial charge in [-0.15, -0.1) is 0 Å². The number of carbonyl (C=O) groups excluding carboxylic acids is 1. The third kappa shape index (κ3) is 4.38. The van der Waals surface area contributed by atoms with E-state index in [1.807, 2.05) is 0 Å². The molecule has 1 aliphatic rings. The Morgan fingerprint density at radius 3 is 2.67 bits per heavy atom. The molecule has 0 unspecified atom stereocenters. The molecule has 1 fully saturated rings. The van der Waals surface area contributed by atoms with Gasteiger partial charge < -0.3 is 24.6 Å². The van der Waals surface area contributed by atoms with Crippen LogP contribution in [0.3, 0.4) is 0 Å². The van der Waals surface area contributed by atoms with Gasteiger partial charge >= 0.3 is 12.1 Å². The predicted molar refractivity (Wildman–Crippen MR) is 86.2 cm³/mol. The normalized spacial score (nSPS) is 25.6. The molecule has 13 heteroatoms. The van der Waals surface area contributed by atoms with Crippen LogP contribution in [0.2, 0.25) is 0 Å². The van der Waals surface area contributed by atoms with Gasteiger partial charge in [-0.25, -0.2) is 0 Å². The second kappa shape index (κ2) is 8.06. The second-order valence-corrected chi connectivity index (χ2v) is 6.31. The van der Waals surface area contributed by atoms with Gasteiger partial charge in [0.05, 0.1) is 18.7 Å². The molecule has 1 aromatic heterocycles. The van der Waals surface area contributed by atoms with Gasteiger partial charge in [-0.2, -0.15) is 13.2 Å². The molecule has 1 aliphatic heterocycles. The van der Waals surface area contributed by atoms with Crippen molar-refractivity contribution >= 4 is 18.1 Å². The number of ether oxygens (including phenoxy) is 2. The number of amides is 1. The number of hydrogen-bond donors (Lipinski definition) is 3. The highest BCUT2D eigenvalue weighted by atomic mass is 32.1. The molecular formula is C14H18F3N3O6S. The Bertz CT molecular complexity index is 811. The number of aromatic amines is 1. The van der Waals surface area contributed by atoms with E-state index < -0.39 is 55.3 Å². The van der Waals surface area contributed by atoms with Gasteiger partial charge in [0.25, 0.3) is 5.56 Å². The first-order valence-electron chi connectivity index (χ1n) is 7.65. The van der Waals surface area contributed by atoms with Crippen LogP contribution in [0.15, 0.2) is 11.0 Å². The van der Waals surface area contributed by atoms with E-state index in [0.29, 0.717) is 4.90 Å². The molecule has 1 amide bonds. The zero-order chi connectivity index (χ0) is 20.5. The molecule has 0 saturated carbocycles. The number of nitrogens with zero attached hydrogens (tertiary/aromatic N) is 2. The summed E-state index contributed by atoms with van der Waals surface area (Å²) < 4.78 is 49.3. The molecule has 4 atom stereocenters. The summed E-state index contributed by atoms with van der Waals surface area (Å²) >= 11 is 5.04. The molecule has 2 heterocycles. The van der Waals surface area contributed by atoms with Crippen LogP contribution in [0.5, 0.6) is 0 Å². The number of aromatic nitrogens is 2. The summed E-state index contributed by atoms with van der Waals surface area (Å²) in [5, 5.41) is 19.4. The molecule has 1 saturated heterocycles. The lowest BCUT2D eigenvalue weighted by Gasteiger charge is -2.23. The summed E-state index contributed by atoms with van der Waals surface area (Å²) in [6, 6.07) is 0. The van der Waals surface area contributed by atoms with Crippen molar-refractivity contribution in [1.29, 1.82) is 0 Å². The molecular weight excluding hydrogens is 395 g/mol. The summed E-state index contributed by atoms with van der Waals surface area (Å²) in [6.07, 6.45) is -8.13. The van der Waals surface area contributed by atoms with Crippen molar-refractivity contribution in [3.05, 3.63) is 26.9 Å². The Morgan fingerprint density at radius 1 is 1.52 bits per heavy atom. The fourth-order valence-corrected chi connectivity index (χ4v) is 2.97. The van der Waals surface area contributed by atoms with Crippen molar-refractivity contribution in [2.45, 2.75) is 37.3 Å². The van der Waals surface area contributed by atoms with Gasteiger partial charge in [-0.05, 0) is 12.2 Å². The van der Waals surface area contributed by atoms with Gasteiger partial charge in [-0.3, -0.25) is 19.1 Å². The van der Waals surface area contributed by atoms with Crippen LogP contribution in [-0.4, -0.2) is 75.8 Å². The van der Waals surface area contributed by atoms with Crippen LogP contribution < -0.4 is 5.56 Å². The van der Waals surface area contributed by atoms with E-state index >= 15 is 0 Å². The van der Waals surface area contributed by atoms with Gasteiger partial charge in [0, 0.05) is 20.4 Å². The van der Waals surface area contributed by atoms with E-state index in [9.17, 15) is 33.0 Å². The largest absolute Gasteiger partial charge is 0.471 e. The highest BCUT2D eigenvalue weighted by molar-refractivity contribution is 7.71. The predicted octanol–water partition coefficient (Wildman–Crippen LogP) is -0.308. The van der Waals surface area contributed by atoms with Crippen molar-refractivity contribution in [2.24, 2.45) is 0 Å². The molecule has 3 N–H and O–H groups in total. The monoisotopic (exact) mass is 413 g/mol. The molecule has 0 radical (unpaired) electrons. The summed E-state index contributed by atoms with van der Waals surface area (Å²) in [5.41, 5.74) is -0.964. The smallest absolute Gasteiger partial charge is 0.394 e. The lowest BCUT2D eigenvalue weighted by molar-refractivity contribution is -0.184. The number of aliphatic hydroxyl groups excluding tert-OH is 2. The summed E-state index contributed by atoms with van der Waals surface area (Å²) in [7, 11) is 2.19. The summed E-state index contributed by atoms with van der Waals surface area (Å²) in [5.74, 6) is -2.11. The van der Waals surface area contributed by atoms with Crippen LogP contribution in [0.25, 0.3) is 0 Å². The standard InChI is InChI=1S/C14H18F3N3O6S/c1-19(12(24)14(15,16)17)3-6-4-20(13(27)18-10(6)23)11-9(25-2)8(22)7(5-21)26-11/h4,7-9,11,21-22H,3,5H2,1-2H3,(H,18,23,27)/t7-,8-,9-,11-/m1/s1. The van der Waals surface area contributed by atoms with E-state index in [4.69, 9.17) is 21.7 Å². The molecule has 0 aromatic carbocycles. The maximum absolute atomic E-state index is 12.5. The van der Waals surface area contributed by atoms with Crippen molar-refractivity contribution < 1.29 is 37.7 Å². The summed E-state index contributed by atoms with van der Waals surface area (Å²) in [6.45, 7) is -1.15. The van der Waals surface area contributed by atoms with Crippen LogP contribution in [0.4, 0.5) is 13.2 Å². The Kier molecular flexibility index (Phi) is 6.42. The molecule has 0 bridgehead atoms. The van der Waals surface area contributed by atoms with Crippen LogP contribution >= 0.6 is 12.2 Å². The lowest BCUT2D eigenvalue weighted by Crippen LogP contribution is -2.39. The Hall–Kier alpha value is -1.80. The minimum absolute atomic E-state index is 0.133. The first-order valence-corrected chi connectivity index (χ1v) is 8.05. The van der Waals surface area contributed by atoms with E-state index in [1.165, 1.54) is 11.7 Å². The molecule has 2 rings (SSSR count). The minimum Gasteiger partial charge on any atom is -0.394 e. The minimum atomic E-state index is -5.08. The third-order valence-corrected chi connectivity index (χ3v) is 4.39. The lowest BCUT2D eigenvalue weighted by atomic mass is 10.1. The van der Waals surface area contributed by atoms with Crippen molar-refractivity contribution in [1.82, 2.24) is 14.5 Å². The first kappa shape index (κ1) is 21.5. The molecule has 152 valence electrons. The number of H-pyrrole nitrogens is 1. The highest BCUT2D eigenvalue weighted by Gasteiger charge is 2.45. The van der Waals surface area contributed by atoms with E-state index in [-0.39, 0.29) is 10.3 Å². The Balaban J connectivity index is 2.38. The third-order valence-electron chi connectivity index (χ3n) is 4.08. The first-order chi connectivity index (χ1) is 12.5. The maximum atomic E-state index is 12.5. The number of methoxy groups -OCH3 is 1. The molecule has 0 aliphatic carbocycles. The van der Waals surface area contributed by atoms with E-state index in [2.05, 4.69) is 4.98 Å². The Labute approximate surface area is 155 Å². The van der Waals surface area contributed by atoms with Gasteiger partial charge in [-0.1, -0.05) is 0 Å². The van der Waals surface area contributed by atoms with Gasteiger partial charge in [0.2, 0.25) is 0 Å². The van der Waals surface area contributed by atoms with Crippen LogP contribution in [0, 0.1) is 4.77 Å². The molecule has 9 nitrogen and oxygen atoms in total. The summed E-state index contributed by atoms with van der Waals surface area (Å²) in [4.78, 5) is 25.9. The zero-order valence-electron chi connectivity index (χ0n) is 14.3. The average molecular weight is 413 g/mol. The number of nitrogens with one attached hydrogen (secondary N) is 1. The van der Waals surface area contributed by atoms with Crippen LogP contribution in [-0.2, 0) is 20.8 Å². The van der Waals surface area contributed by atoms with Crippen molar-refractivity contribution in [3.63, 3.8) is 0 Å². The topological polar surface area (TPSA) is 117 Å². The highest BCUT2D eigenvalue weighted by Crippen LogP contribution is 2.31. The number of rotatable bonds is 5. The van der Waals surface area contributed by atoms with Gasteiger partial charge in [0.1, 0.15) is 18.3 Å². The second-order valence-electron chi connectivity index (χ2n) is 5.92. The van der Waals surface area contributed by atoms with Crippen molar-refractivity contribution in [2.75, 3.05) is 20.8 Å². The maximum Gasteiger partial charge on any atom is 0.471 e. The number of carbonyl (C=O) groups is 1. The molecule has 0 spiro atoms. The fourth-order valence-electron chi connectivity index (χ4n) is 2.72. The number of hydrogen-bond acceptors (Lipinski definition) is 7. The average Bonchev–Trinajstić information content (AvgIpc) is 2.91. The van der Waals surface area contributed by atoms with E-state index in [0.717, 1.165) is 13.2 Å². The molecule has 27 heavy (non-hydrogen) atoms.